The van der Waals surface area contributed by atoms with Crippen molar-refractivity contribution < 1.29 is 14.3 Å². The van der Waals surface area contributed by atoms with Crippen LogP contribution in [0.1, 0.15) is 32.8 Å². The van der Waals surface area contributed by atoms with Gasteiger partial charge in [0.05, 0.1) is 19.3 Å². The number of rotatable bonds is 5. The number of ketones is 1. The average molecular weight is 291 g/mol. The first-order valence-corrected chi connectivity index (χ1v) is 6.67. The Labute approximate surface area is 119 Å². The molecule has 0 aromatic carbocycles. The molecule has 0 atom stereocenters. The summed E-state index contributed by atoms with van der Waals surface area (Å²) in [5, 5.41) is 3.53. The van der Waals surface area contributed by atoms with E-state index in [1.54, 1.807) is 6.20 Å². The monoisotopic (exact) mass is 291 g/mol. The molecule has 7 heteroatoms. The highest BCUT2D eigenvalue weighted by Crippen LogP contribution is 2.24. The Morgan fingerprint density at radius 2 is 2.20 bits per heavy atom. The maximum atomic E-state index is 11.6. The van der Waals surface area contributed by atoms with E-state index < -0.39 is 5.97 Å². The van der Waals surface area contributed by atoms with Gasteiger partial charge in [-0.3, -0.25) is 9.78 Å². The summed E-state index contributed by atoms with van der Waals surface area (Å²) in [5.74, 6) is -0.828. The molecule has 0 amide bonds. The molecule has 2 aromatic heterocycles. The number of ether oxygens (including phenoxy) is 1. The topological polar surface area (TPSA) is 81.2 Å². The zero-order valence-corrected chi connectivity index (χ0v) is 11.9. The van der Waals surface area contributed by atoms with Crippen LogP contribution in [0.3, 0.4) is 0 Å². The summed E-state index contributed by atoms with van der Waals surface area (Å²) in [6.45, 7) is 1.86. The summed E-state index contributed by atoms with van der Waals surface area (Å²) in [6, 6.07) is 5.58. The van der Waals surface area contributed by atoms with Crippen LogP contribution in [0.2, 0.25) is 0 Å². The number of anilines is 1. The van der Waals surface area contributed by atoms with Gasteiger partial charge in [0, 0.05) is 13.1 Å². The van der Waals surface area contributed by atoms with Crippen LogP contribution in [-0.2, 0) is 11.3 Å². The molecule has 0 saturated carbocycles. The fourth-order valence-corrected chi connectivity index (χ4v) is 2.38. The predicted molar refractivity (Wildman–Crippen MR) is 75.0 cm³/mol. The fraction of sp³-hybridized carbons (Fsp3) is 0.231. The molecule has 0 aliphatic rings. The number of hydrogen-bond donors (Lipinski definition) is 1. The van der Waals surface area contributed by atoms with E-state index in [0.29, 0.717) is 16.6 Å². The third-order valence-electron chi connectivity index (χ3n) is 2.47. The first-order valence-electron chi connectivity index (χ1n) is 5.85. The number of carbonyl (C=O) groups is 2. The number of pyridine rings is 1. The summed E-state index contributed by atoms with van der Waals surface area (Å²) < 4.78 is 4.62. The highest BCUT2D eigenvalue weighted by Gasteiger charge is 2.21. The van der Waals surface area contributed by atoms with Crippen molar-refractivity contribution in [2.45, 2.75) is 13.5 Å². The van der Waals surface area contributed by atoms with E-state index in [4.69, 9.17) is 0 Å². The Bertz CT molecular complexity index is 625. The average Bonchev–Trinajstić information content (AvgIpc) is 2.90. The Morgan fingerprint density at radius 1 is 1.40 bits per heavy atom. The van der Waals surface area contributed by atoms with Gasteiger partial charge in [-0.15, -0.1) is 0 Å². The summed E-state index contributed by atoms with van der Waals surface area (Å²) in [4.78, 5) is 31.6. The number of methoxy groups -OCH3 is 1. The summed E-state index contributed by atoms with van der Waals surface area (Å²) in [5.41, 5.74) is 0.889. The lowest BCUT2D eigenvalue weighted by molar-refractivity contribution is 0.0591. The highest BCUT2D eigenvalue weighted by molar-refractivity contribution is 7.17. The molecule has 0 unspecified atom stereocenters. The number of Topliss-reactive ketones (excluding diaryl/α,β-unsaturated/α-hetero) is 1. The first kappa shape index (κ1) is 14.1. The smallest absolute Gasteiger partial charge is 0.358 e. The third-order valence-corrected chi connectivity index (χ3v) is 3.59. The molecule has 0 radical (unpaired) electrons. The van der Waals surface area contributed by atoms with E-state index in [9.17, 15) is 9.59 Å². The van der Waals surface area contributed by atoms with Crippen molar-refractivity contribution in [1.29, 1.82) is 0 Å². The van der Waals surface area contributed by atoms with Crippen LogP contribution in [0.5, 0.6) is 0 Å². The van der Waals surface area contributed by atoms with Crippen molar-refractivity contribution in [1.82, 2.24) is 9.97 Å². The lowest BCUT2D eigenvalue weighted by atomic mass is 10.3. The quantitative estimate of drug-likeness (QED) is 0.671. The van der Waals surface area contributed by atoms with Crippen LogP contribution < -0.4 is 5.32 Å². The van der Waals surface area contributed by atoms with Gasteiger partial charge < -0.3 is 10.1 Å². The van der Waals surface area contributed by atoms with Gasteiger partial charge in [-0.25, -0.2) is 9.78 Å². The van der Waals surface area contributed by atoms with Gasteiger partial charge in [0.25, 0.3) is 0 Å². The van der Waals surface area contributed by atoms with E-state index in [0.717, 1.165) is 17.0 Å². The molecule has 1 N–H and O–H groups in total. The molecule has 104 valence electrons. The van der Waals surface area contributed by atoms with Crippen LogP contribution in [0.25, 0.3) is 0 Å². The van der Waals surface area contributed by atoms with Crippen molar-refractivity contribution in [3.8, 4) is 0 Å². The van der Waals surface area contributed by atoms with Gasteiger partial charge in [-0.2, -0.15) is 0 Å². The highest BCUT2D eigenvalue weighted by atomic mass is 32.1. The normalized spacial score (nSPS) is 10.1. The molecule has 0 aliphatic carbocycles. The second kappa shape index (κ2) is 6.25. The molecule has 0 fully saturated rings. The largest absolute Gasteiger partial charge is 0.464 e. The third kappa shape index (κ3) is 3.18. The Balaban J connectivity index is 2.17. The zero-order chi connectivity index (χ0) is 14.5. The standard InChI is InChI=1S/C13H13N3O3S/c1-8(17)11-10(12(18)19-2)16-13(20-11)15-7-9-5-3-4-6-14-9/h3-6H,7H2,1-2H3,(H,15,16). The minimum absolute atomic E-state index is 0.0496. The predicted octanol–water partition coefficient (Wildman–Crippen LogP) is 2.14. The molecule has 2 aromatic rings. The van der Waals surface area contributed by atoms with Gasteiger partial charge in [-0.05, 0) is 12.1 Å². The van der Waals surface area contributed by atoms with Crippen molar-refractivity contribution in [3.63, 3.8) is 0 Å². The number of carbonyl (C=O) groups excluding carboxylic acids is 2. The van der Waals surface area contributed by atoms with Crippen molar-refractivity contribution >= 4 is 28.2 Å². The van der Waals surface area contributed by atoms with E-state index in [-0.39, 0.29) is 11.5 Å². The van der Waals surface area contributed by atoms with Gasteiger partial charge in [0.2, 0.25) is 0 Å². The summed E-state index contributed by atoms with van der Waals surface area (Å²) >= 11 is 1.13. The molecule has 0 bridgehead atoms. The number of hydrogen-bond acceptors (Lipinski definition) is 7. The zero-order valence-electron chi connectivity index (χ0n) is 11.0. The van der Waals surface area contributed by atoms with Gasteiger partial charge in [0.15, 0.2) is 16.6 Å². The molecule has 6 nitrogen and oxygen atoms in total. The second-order valence-corrected chi connectivity index (χ2v) is 4.92. The van der Waals surface area contributed by atoms with E-state index >= 15 is 0 Å². The lowest BCUT2D eigenvalue weighted by Crippen LogP contribution is -2.07. The maximum Gasteiger partial charge on any atom is 0.358 e. The molecular weight excluding hydrogens is 278 g/mol. The van der Waals surface area contributed by atoms with Gasteiger partial charge >= 0.3 is 5.97 Å². The Morgan fingerprint density at radius 3 is 2.80 bits per heavy atom. The fourth-order valence-electron chi connectivity index (χ4n) is 1.54. The number of nitrogens with one attached hydrogen (secondary N) is 1. The summed E-state index contributed by atoms with van der Waals surface area (Å²) in [6.07, 6.45) is 1.69. The Hall–Kier alpha value is -2.28. The van der Waals surface area contributed by atoms with E-state index in [1.807, 2.05) is 18.2 Å². The molecular formula is C13H13N3O3S. The summed E-state index contributed by atoms with van der Waals surface area (Å²) in [7, 11) is 1.26. The maximum absolute atomic E-state index is 11.6. The first-order chi connectivity index (χ1) is 9.61. The number of thiazole rings is 1. The van der Waals surface area contributed by atoms with Crippen LogP contribution in [0, 0.1) is 0 Å². The molecule has 0 aliphatic heterocycles. The van der Waals surface area contributed by atoms with E-state index in [2.05, 4.69) is 20.0 Å². The van der Waals surface area contributed by atoms with E-state index in [1.165, 1.54) is 14.0 Å². The lowest BCUT2D eigenvalue weighted by Gasteiger charge is -2.00. The molecule has 20 heavy (non-hydrogen) atoms. The van der Waals surface area contributed by atoms with Gasteiger partial charge in [-0.1, -0.05) is 17.4 Å². The minimum Gasteiger partial charge on any atom is -0.464 e. The van der Waals surface area contributed by atoms with Crippen molar-refractivity contribution in [2.24, 2.45) is 0 Å². The Kier molecular flexibility index (Phi) is 4.41. The van der Waals surface area contributed by atoms with Crippen LogP contribution in [0.15, 0.2) is 24.4 Å². The van der Waals surface area contributed by atoms with Crippen molar-refractivity contribution in [2.75, 3.05) is 12.4 Å². The number of nitrogens with zero attached hydrogens (tertiary/aromatic N) is 2. The molecule has 2 rings (SSSR count). The van der Waals surface area contributed by atoms with Crippen LogP contribution in [-0.4, -0.2) is 28.8 Å². The molecule has 0 spiro atoms. The van der Waals surface area contributed by atoms with Crippen molar-refractivity contribution in [3.05, 3.63) is 40.7 Å². The SMILES string of the molecule is COC(=O)c1nc(NCc2ccccn2)sc1C(C)=O. The molecule has 0 saturated heterocycles. The second-order valence-electron chi connectivity index (χ2n) is 3.92. The minimum atomic E-state index is -0.614. The van der Waals surface area contributed by atoms with Crippen LogP contribution >= 0.6 is 11.3 Å². The van der Waals surface area contributed by atoms with Gasteiger partial charge in [0.1, 0.15) is 4.88 Å². The number of aromatic nitrogens is 2. The molecule has 2 heterocycles. The van der Waals surface area contributed by atoms with Crippen LogP contribution in [0.4, 0.5) is 5.13 Å². The number of esters is 1.